The second-order valence-electron chi connectivity index (χ2n) is 12.4. The number of nitrogens with zero attached hydrogens (tertiary/aromatic N) is 3. The first-order valence-electron chi connectivity index (χ1n) is 16.6. The lowest BCUT2D eigenvalue weighted by Crippen LogP contribution is -2.00. The minimum Gasteiger partial charge on any atom is -0.456 e. The van der Waals surface area contributed by atoms with Crippen molar-refractivity contribution in [3.63, 3.8) is 0 Å². The van der Waals surface area contributed by atoms with E-state index in [1.54, 1.807) is 0 Å². The van der Waals surface area contributed by atoms with E-state index in [1.807, 2.05) is 78.1 Å². The normalized spacial score (nSPS) is 11.6. The van der Waals surface area contributed by atoms with Gasteiger partial charge in [0.2, 0.25) is 0 Å². The van der Waals surface area contributed by atoms with Gasteiger partial charge in [0.15, 0.2) is 17.5 Å². The van der Waals surface area contributed by atoms with Gasteiger partial charge < -0.3 is 4.42 Å². The molecule has 5 heteroatoms. The van der Waals surface area contributed by atoms with Gasteiger partial charge in [-0.05, 0) is 64.7 Å². The van der Waals surface area contributed by atoms with E-state index >= 15 is 0 Å². The maximum Gasteiger partial charge on any atom is 0.164 e. The number of furan rings is 1. The van der Waals surface area contributed by atoms with E-state index in [-0.39, 0.29) is 0 Å². The number of benzene rings is 7. The third-order valence-electron chi connectivity index (χ3n) is 9.36. The first-order valence-corrected chi connectivity index (χ1v) is 17.4. The summed E-state index contributed by atoms with van der Waals surface area (Å²) in [5, 5.41) is 4.73. The molecule has 0 spiro atoms. The van der Waals surface area contributed by atoms with E-state index in [4.69, 9.17) is 19.4 Å². The van der Waals surface area contributed by atoms with Gasteiger partial charge in [-0.25, -0.2) is 15.0 Å². The molecule has 10 aromatic rings. The fourth-order valence-corrected chi connectivity index (χ4v) is 7.99. The molecule has 0 fully saturated rings. The van der Waals surface area contributed by atoms with Crippen molar-refractivity contribution in [1.82, 2.24) is 15.0 Å². The van der Waals surface area contributed by atoms with Gasteiger partial charge in [0.1, 0.15) is 11.2 Å². The molecule has 0 aliphatic heterocycles. The molecule has 3 heterocycles. The van der Waals surface area contributed by atoms with Crippen molar-refractivity contribution in [1.29, 1.82) is 0 Å². The van der Waals surface area contributed by atoms with Crippen molar-refractivity contribution < 1.29 is 4.42 Å². The average molecular weight is 658 g/mol. The Kier molecular flexibility index (Phi) is 6.64. The summed E-state index contributed by atoms with van der Waals surface area (Å²) in [6.45, 7) is 0. The summed E-state index contributed by atoms with van der Waals surface area (Å²) >= 11 is 1.84. The molecule has 50 heavy (non-hydrogen) atoms. The van der Waals surface area contributed by atoms with Crippen LogP contribution in [0.3, 0.4) is 0 Å². The monoisotopic (exact) mass is 657 g/mol. The van der Waals surface area contributed by atoms with Gasteiger partial charge in [0.25, 0.3) is 0 Å². The Bertz CT molecular complexity index is 2820. The molecule has 0 amide bonds. The Balaban J connectivity index is 1.07. The van der Waals surface area contributed by atoms with Gasteiger partial charge in [-0.3, -0.25) is 0 Å². The zero-order valence-corrected chi connectivity index (χ0v) is 27.6. The molecule has 4 nitrogen and oxygen atoms in total. The van der Waals surface area contributed by atoms with Crippen molar-refractivity contribution in [2.45, 2.75) is 0 Å². The molecular weight excluding hydrogens is 631 g/mol. The van der Waals surface area contributed by atoms with Crippen LogP contribution in [0.15, 0.2) is 168 Å². The quantitative estimate of drug-likeness (QED) is 0.185. The maximum atomic E-state index is 6.58. The van der Waals surface area contributed by atoms with Gasteiger partial charge in [-0.15, -0.1) is 11.3 Å². The lowest BCUT2D eigenvalue weighted by atomic mass is 9.93. The van der Waals surface area contributed by atoms with Crippen molar-refractivity contribution in [2.24, 2.45) is 0 Å². The number of rotatable bonds is 5. The van der Waals surface area contributed by atoms with Crippen LogP contribution < -0.4 is 0 Å². The smallest absolute Gasteiger partial charge is 0.164 e. The van der Waals surface area contributed by atoms with E-state index in [0.717, 1.165) is 44.2 Å². The molecule has 0 atom stereocenters. The number of hydrogen-bond donors (Lipinski definition) is 0. The summed E-state index contributed by atoms with van der Waals surface area (Å²) in [5.74, 6) is 1.87. The highest BCUT2D eigenvalue weighted by molar-refractivity contribution is 7.25. The van der Waals surface area contributed by atoms with Crippen molar-refractivity contribution in [3.8, 4) is 56.4 Å². The Morgan fingerprint density at radius 2 is 0.820 bits per heavy atom. The highest BCUT2D eigenvalue weighted by atomic mass is 32.1. The number of aromatic nitrogens is 3. The lowest BCUT2D eigenvalue weighted by Gasteiger charge is -2.11. The fourth-order valence-electron chi connectivity index (χ4n) is 6.90. The van der Waals surface area contributed by atoms with Crippen molar-refractivity contribution >= 4 is 53.4 Å². The van der Waals surface area contributed by atoms with Gasteiger partial charge in [-0.2, -0.15) is 0 Å². The summed E-state index contributed by atoms with van der Waals surface area (Å²) < 4.78 is 9.20. The molecule has 0 bridgehead atoms. The van der Waals surface area contributed by atoms with E-state index in [9.17, 15) is 0 Å². The predicted molar refractivity (Wildman–Crippen MR) is 207 cm³/mol. The maximum absolute atomic E-state index is 6.58. The van der Waals surface area contributed by atoms with Crippen LogP contribution in [-0.2, 0) is 0 Å². The average Bonchev–Trinajstić information content (AvgIpc) is 3.75. The zero-order chi connectivity index (χ0) is 33.0. The van der Waals surface area contributed by atoms with Crippen LogP contribution in [-0.4, -0.2) is 15.0 Å². The lowest BCUT2D eigenvalue weighted by molar-refractivity contribution is 0.669. The Labute approximate surface area is 292 Å². The second kappa shape index (κ2) is 11.6. The third-order valence-corrected chi connectivity index (χ3v) is 10.5. The summed E-state index contributed by atoms with van der Waals surface area (Å²) in [6, 6.07) is 56.9. The third kappa shape index (κ3) is 4.87. The fraction of sp³-hybridized carbons (Fsp3) is 0. The Hall–Kier alpha value is -6.43. The minimum absolute atomic E-state index is 0.602. The first-order chi connectivity index (χ1) is 24.7. The molecule has 234 valence electrons. The van der Waals surface area contributed by atoms with E-state index in [2.05, 4.69) is 97.1 Å². The molecule has 10 rings (SSSR count). The SMILES string of the molecule is c1ccc(-c2nc(-c3ccccc3)nc(-c3ccc4c(c3)oc3cc(-c5ccccc5-c5ccc6sc7ccccc7c6c5)ccc34)n2)cc1. The number of thiophene rings is 1. The van der Waals surface area contributed by atoms with Crippen LogP contribution in [0.1, 0.15) is 0 Å². The molecule has 3 aromatic heterocycles. The predicted octanol–water partition coefficient (Wildman–Crippen LogP) is 12.5. The van der Waals surface area contributed by atoms with Crippen LogP contribution in [0.4, 0.5) is 0 Å². The molecular formula is C45H27N3OS. The second-order valence-corrected chi connectivity index (χ2v) is 13.5. The summed E-state index contributed by atoms with van der Waals surface area (Å²) in [4.78, 5) is 14.7. The molecule has 0 unspecified atom stereocenters. The first kappa shape index (κ1) is 28.6. The van der Waals surface area contributed by atoms with Gasteiger partial charge in [0, 0.05) is 47.6 Å². The molecule has 0 N–H and O–H groups in total. The topological polar surface area (TPSA) is 51.8 Å². The standard InChI is InChI=1S/C45H27N3OS/c1-3-11-28(12-4-1)43-46-44(29-13-5-2-6-14-29)48-45(47-43)32-20-23-36-35-22-19-31(26-39(35)49-40(36)27-32)34-16-8-7-15-33(34)30-21-24-42-38(25-30)37-17-9-10-18-41(37)50-42/h1-27H. The highest BCUT2D eigenvalue weighted by Crippen LogP contribution is 2.40. The van der Waals surface area contributed by atoms with Crippen LogP contribution >= 0.6 is 11.3 Å². The Morgan fingerprint density at radius 3 is 1.48 bits per heavy atom. The molecule has 0 saturated heterocycles. The number of hydrogen-bond acceptors (Lipinski definition) is 5. The minimum atomic E-state index is 0.602. The van der Waals surface area contributed by atoms with E-state index in [1.165, 1.54) is 36.9 Å². The van der Waals surface area contributed by atoms with E-state index < -0.39 is 0 Å². The van der Waals surface area contributed by atoms with Crippen LogP contribution in [0.2, 0.25) is 0 Å². The molecule has 0 aliphatic rings. The van der Waals surface area contributed by atoms with Crippen molar-refractivity contribution in [3.05, 3.63) is 164 Å². The van der Waals surface area contributed by atoms with E-state index in [0.29, 0.717) is 17.5 Å². The Morgan fingerprint density at radius 1 is 0.340 bits per heavy atom. The van der Waals surface area contributed by atoms with Crippen LogP contribution in [0, 0.1) is 0 Å². The van der Waals surface area contributed by atoms with Crippen LogP contribution in [0.25, 0.3) is 98.5 Å². The van der Waals surface area contributed by atoms with Gasteiger partial charge >= 0.3 is 0 Å². The molecule has 0 radical (unpaired) electrons. The molecule has 0 saturated carbocycles. The van der Waals surface area contributed by atoms with Gasteiger partial charge in [-0.1, -0.05) is 121 Å². The molecule has 0 aliphatic carbocycles. The largest absolute Gasteiger partial charge is 0.456 e. The van der Waals surface area contributed by atoms with Crippen molar-refractivity contribution in [2.75, 3.05) is 0 Å². The van der Waals surface area contributed by atoms with Gasteiger partial charge in [0.05, 0.1) is 0 Å². The summed E-state index contributed by atoms with van der Waals surface area (Å²) in [5.41, 5.74) is 9.06. The number of fused-ring (bicyclic) bond motifs is 6. The highest BCUT2D eigenvalue weighted by Gasteiger charge is 2.16. The zero-order valence-electron chi connectivity index (χ0n) is 26.7. The summed E-state index contributed by atoms with van der Waals surface area (Å²) in [6.07, 6.45) is 0. The van der Waals surface area contributed by atoms with Crippen LogP contribution in [0.5, 0.6) is 0 Å². The molecule has 7 aromatic carbocycles. The summed E-state index contributed by atoms with van der Waals surface area (Å²) in [7, 11) is 0.